The average Bonchev–Trinajstić information content (AvgIpc) is 3.20. The van der Waals surface area contributed by atoms with E-state index in [1.165, 1.54) is 14.2 Å². The number of hydrogen-bond acceptors (Lipinski definition) is 7. The number of aliphatic carboxylic acids is 1. The summed E-state index contributed by atoms with van der Waals surface area (Å²) >= 11 is 0. The minimum Gasteiger partial charge on any atom is -0.493 e. The Kier molecular flexibility index (Phi) is 6.11. The number of ether oxygens (including phenoxy) is 5. The number of hydrogen-bond donors (Lipinski definition) is 1. The van der Waals surface area contributed by atoms with Gasteiger partial charge in [0, 0.05) is 5.56 Å². The number of carbonyl (C=O) groups excluding carboxylic acids is 1. The van der Waals surface area contributed by atoms with Gasteiger partial charge in [-0.25, -0.2) is 9.59 Å². The molecule has 0 saturated heterocycles. The third-order valence-electron chi connectivity index (χ3n) is 4.45. The van der Waals surface area contributed by atoms with E-state index in [9.17, 15) is 14.7 Å². The van der Waals surface area contributed by atoms with Crippen molar-refractivity contribution in [1.82, 2.24) is 0 Å². The van der Waals surface area contributed by atoms with E-state index in [-0.39, 0.29) is 6.79 Å². The van der Waals surface area contributed by atoms with Crippen LogP contribution in [0.15, 0.2) is 30.3 Å². The molecule has 0 radical (unpaired) electrons. The molecule has 2 aromatic rings. The molecule has 154 valence electrons. The predicted molar refractivity (Wildman–Crippen MR) is 102 cm³/mol. The summed E-state index contributed by atoms with van der Waals surface area (Å²) in [5, 5.41) is 9.79. The topological polar surface area (TPSA) is 101 Å². The lowest BCUT2D eigenvalue weighted by Gasteiger charge is -2.19. The van der Waals surface area contributed by atoms with Gasteiger partial charge in [-0.2, -0.15) is 0 Å². The van der Waals surface area contributed by atoms with Gasteiger partial charge in [0.2, 0.25) is 18.6 Å². The molecular formula is C21H22O8. The van der Waals surface area contributed by atoms with Crippen molar-refractivity contribution in [3.05, 3.63) is 47.0 Å². The second-order valence-corrected chi connectivity index (χ2v) is 6.36. The molecule has 1 unspecified atom stereocenters. The number of carboxylic acids is 1. The fourth-order valence-corrected chi connectivity index (χ4v) is 3.09. The highest BCUT2D eigenvalue weighted by Gasteiger charge is 2.29. The maximum absolute atomic E-state index is 12.0. The quantitative estimate of drug-likeness (QED) is 0.671. The molecule has 0 spiro atoms. The fraction of sp³-hybridized carbons (Fsp3) is 0.333. The van der Waals surface area contributed by atoms with Gasteiger partial charge in [-0.3, -0.25) is 0 Å². The van der Waals surface area contributed by atoms with E-state index < -0.39 is 18.0 Å². The van der Waals surface area contributed by atoms with Crippen LogP contribution in [0, 0.1) is 0 Å². The van der Waals surface area contributed by atoms with Gasteiger partial charge in [0.1, 0.15) is 5.75 Å². The summed E-state index contributed by atoms with van der Waals surface area (Å²) in [6, 6.07) is 7.89. The predicted octanol–water partition coefficient (Wildman–Crippen LogP) is 3.37. The number of methoxy groups -OCH3 is 2. The minimum absolute atomic E-state index is 0.0311. The van der Waals surface area contributed by atoms with Gasteiger partial charge in [0.15, 0.2) is 11.5 Å². The molecule has 0 saturated carbocycles. The number of benzene rings is 2. The zero-order valence-electron chi connectivity index (χ0n) is 16.4. The zero-order chi connectivity index (χ0) is 21.0. The van der Waals surface area contributed by atoms with E-state index in [1.807, 2.05) is 6.92 Å². The number of carbonyl (C=O) groups is 2. The molecular weight excluding hydrogens is 380 g/mol. The molecule has 1 heterocycles. The molecule has 0 aliphatic carbocycles. The summed E-state index contributed by atoms with van der Waals surface area (Å²) in [4.78, 5) is 23.8. The lowest BCUT2D eigenvalue weighted by atomic mass is 10.0. The van der Waals surface area contributed by atoms with Crippen molar-refractivity contribution in [2.45, 2.75) is 25.9 Å². The lowest BCUT2D eigenvalue weighted by Crippen LogP contribution is -2.19. The highest BCUT2D eigenvalue weighted by atomic mass is 16.7. The molecule has 29 heavy (non-hydrogen) atoms. The monoisotopic (exact) mass is 402 g/mol. The van der Waals surface area contributed by atoms with E-state index in [0.29, 0.717) is 46.1 Å². The zero-order valence-corrected chi connectivity index (χ0v) is 16.4. The molecule has 0 bridgehead atoms. The van der Waals surface area contributed by atoms with Crippen LogP contribution < -0.4 is 18.9 Å². The van der Waals surface area contributed by atoms with E-state index >= 15 is 0 Å². The molecule has 8 nitrogen and oxygen atoms in total. The maximum Gasteiger partial charge on any atom is 0.349 e. The maximum atomic E-state index is 12.0. The fourth-order valence-electron chi connectivity index (χ4n) is 3.09. The molecule has 0 aromatic heterocycles. The van der Waals surface area contributed by atoms with E-state index in [0.717, 1.165) is 6.42 Å². The van der Waals surface area contributed by atoms with Crippen LogP contribution in [-0.2, 0) is 16.0 Å². The Morgan fingerprint density at radius 1 is 1.14 bits per heavy atom. The lowest BCUT2D eigenvalue weighted by molar-refractivity contribution is -0.145. The van der Waals surface area contributed by atoms with Crippen molar-refractivity contribution < 1.29 is 38.4 Å². The molecule has 1 N–H and O–H groups in total. The second kappa shape index (κ2) is 8.72. The highest BCUT2D eigenvalue weighted by Crippen LogP contribution is 2.43. The van der Waals surface area contributed by atoms with E-state index in [4.69, 9.17) is 23.7 Å². The molecule has 0 fully saturated rings. The van der Waals surface area contributed by atoms with Gasteiger partial charge >= 0.3 is 11.9 Å². The minimum atomic E-state index is -1.31. The van der Waals surface area contributed by atoms with Crippen LogP contribution in [-0.4, -0.2) is 38.1 Å². The van der Waals surface area contributed by atoms with Gasteiger partial charge in [-0.05, 0) is 42.3 Å². The SMILES string of the molecule is CCCc1cc(C(=O)OC)ccc1OC(C(=O)O)c1cc(OC)c2c(c1)OCO2. The summed E-state index contributed by atoms with van der Waals surface area (Å²) in [7, 11) is 2.77. The van der Waals surface area contributed by atoms with Crippen molar-refractivity contribution >= 4 is 11.9 Å². The number of fused-ring (bicyclic) bond motifs is 1. The Balaban J connectivity index is 1.98. The van der Waals surface area contributed by atoms with Crippen LogP contribution >= 0.6 is 0 Å². The first-order chi connectivity index (χ1) is 14.0. The summed E-state index contributed by atoms with van der Waals surface area (Å²) in [6.45, 7) is 2.01. The smallest absolute Gasteiger partial charge is 0.349 e. The highest BCUT2D eigenvalue weighted by molar-refractivity contribution is 5.89. The van der Waals surface area contributed by atoms with Crippen molar-refractivity contribution in [2.75, 3.05) is 21.0 Å². The van der Waals surface area contributed by atoms with Crippen LogP contribution in [0.25, 0.3) is 0 Å². The van der Waals surface area contributed by atoms with E-state index in [1.54, 1.807) is 30.3 Å². The van der Waals surface area contributed by atoms with Gasteiger partial charge in [-0.15, -0.1) is 0 Å². The first kappa shape index (κ1) is 20.3. The molecule has 1 aliphatic heterocycles. The third kappa shape index (κ3) is 4.21. The Hall–Kier alpha value is -3.42. The van der Waals surface area contributed by atoms with Crippen molar-refractivity contribution in [3.8, 4) is 23.0 Å². The summed E-state index contributed by atoms with van der Waals surface area (Å²) in [5.41, 5.74) is 1.44. The van der Waals surface area contributed by atoms with Gasteiger partial charge in [-0.1, -0.05) is 13.3 Å². The van der Waals surface area contributed by atoms with E-state index in [2.05, 4.69) is 0 Å². The number of aryl methyl sites for hydroxylation is 1. The molecule has 1 aliphatic rings. The van der Waals surface area contributed by atoms with Crippen LogP contribution in [0.1, 0.15) is 40.9 Å². The Morgan fingerprint density at radius 2 is 1.93 bits per heavy atom. The van der Waals surface area contributed by atoms with Gasteiger partial charge < -0.3 is 28.8 Å². The molecule has 3 rings (SSSR count). The number of esters is 1. The number of carboxylic acid groups (broad SMARTS) is 1. The summed E-state index contributed by atoms with van der Waals surface area (Å²) in [6.07, 6.45) is 0.0889. The normalized spacial score (nSPS) is 12.9. The second-order valence-electron chi connectivity index (χ2n) is 6.36. The third-order valence-corrected chi connectivity index (χ3v) is 4.45. The van der Waals surface area contributed by atoms with Crippen LogP contribution in [0.3, 0.4) is 0 Å². The summed E-state index contributed by atoms with van der Waals surface area (Å²) in [5.74, 6) is -0.0867. The molecule has 8 heteroatoms. The van der Waals surface area contributed by atoms with Crippen molar-refractivity contribution in [3.63, 3.8) is 0 Å². The molecule has 1 atom stereocenters. The molecule has 2 aromatic carbocycles. The standard InChI is InChI=1S/C21H22O8/c1-4-5-12-8-13(21(24)26-3)6-7-15(12)29-18(20(22)23)14-9-16(25-2)19-17(10-14)27-11-28-19/h6-10,18H,4-5,11H2,1-3H3,(H,22,23). The number of rotatable bonds is 8. The van der Waals surface area contributed by atoms with Crippen molar-refractivity contribution in [2.24, 2.45) is 0 Å². The van der Waals surface area contributed by atoms with Gasteiger partial charge in [0.25, 0.3) is 0 Å². The molecule has 0 amide bonds. The Morgan fingerprint density at radius 3 is 2.59 bits per heavy atom. The Labute approximate surface area is 167 Å². The van der Waals surface area contributed by atoms with Crippen LogP contribution in [0.2, 0.25) is 0 Å². The van der Waals surface area contributed by atoms with Crippen molar-refractivity contribution in [1.29, 1.82) is 0 Å². The first-order valence-electron chi connectivity index (χ1n) is 9.06. The Bertz CT molecular complexity index is 921. The van der Waals surface area contributed by atoms with Crippen LogP contribution in [0.5, 0.6) is 23.0 Å². The van der Waals surface area contributed by atoms with Gasteiger partial charge in [0.05, 0.1) is 19.8 Å². The van der Waals surface area contributed by atoms with Crippen LogP contribution in [0.4, 0.5) is 0 Å². The average molecular weight is 402 g/mol. The first-order valence-corrected chi connectivity index (χ1v) is 9.06. The summed E-state index contributed by atoms with van der Waals surface area (Å²) < 4.78 is 26.6. The largest absolute Gasteiger partial charge is 0.493 e.